The van der Waals surface area contributed by atoms with Gasteiger partial charge in [0.05, 0.1) is 5.38 Å². The fraction of sp³-hybridized carbons (Fsp3) is 0.375. The third-order valence-corrected chi connectivity index (χ3v) is 5.80. The van der Waals surface area contributed by atoms with Crippen molar-refractivity contribution in [3.05, 3.63) is 55.7 Å². The van der Waals surface area contributed by atoms with E-state index in [2.05, 4.69) is 74.0 Å². The summed E-state index contributed by atoms with van der Waals surface area (Å²) in [4.78, 5) is 2.59. The number of hydrogen-bond acceptors (Lipinski definition) is 1. The average molecular weight is 358 g/mol. The minimum absolute atomic E-state index is 0.0707. The first-order valence-corrected chi connectivity index (χ1v) is 8.34. The largest absolute Gasteiger partial charge is 0.143 e. The molecule has 19 heavy (non-hydrogen) atoms. The minimum atomic E-state index is -0.0707. The van der Waals surface area contributed by atoms with E-state index in [1.165, 1.54) is 20.9 Å². The number of hydrogen-bond donors (Lipinski definition) is 0. The fourth-order valence-electron chi connectivity index (χ4n) is 1.93. The topological polar surface area (TPSA) is 0 Å². The first kappa shape index (κ1) is 15.1. The molecule has 1 heterocycles. The van der Waals surface area contributed by atoms with Gasteiger partial charge in [0.15, 0.2) is 0 Å². The SMILES string of the molecule is Cc1ccc(Br)cc1C(Cl)c1ccc(C(C)(C)C)s1. The van der Waals surface area contributed by atoms with E-state index in [1.807, 2.05) is 11.3 Å². The normalized spacial score (nSPS) is 13.6. The molecule has 2 aromatic rings. The average Bonchev–Trinajstić information content (AvgIpc) is 2.80. The molecule has 0 aliphatic heterocycles. The van der Waals surface area contributed by atoms with Crippen LogP contribution in [0, 0.1) is 6.92 Å². The van der Waals surface area contributed by atoms with Gasteiger partial charge in [-0.3, -0.25) is 0 Å². The highest BCUT2D eigenvalue weighted by Gasteiger charge is 2.20. The van der Waals surface area contributed by atoms with E-state index in [0.29, 0.717) is 0 Å². The molecule has 0 nitrogen and oxygen atoms in total. The van der Waals surface area contributed by atoms with Crippen LogP contribution in [0.1, 0.15) is 47.0 Å². The molecule has 0 N–H and O–H groups in total. The Kier molecular flexibility index (Phi) is 4.44. The summed E-state index contributed by atoms with van der Waals surface area (Å²) >= 11 is 12.0. The molecular formula is C16H18BrClS. The Morgan fingerprint density at radius 2 is 1.84 bits per heavy atom. The third kappa shape index (κ3) is 3.42. The molecule has 1 unspecified atom stereocenters. The van der Waals surface area contributed by atoms with Crippen LogP contribution in [0.2, 0.25) is 0 Å². The predicted molar refractivity (Wildman–Crippen MR) is 89.6 cm³/mol. The van der Waals surface area contributed by atoms with Crippen LogP contribution in [0.25, 0.3) is 0 Å². The van der Waals surface area contributed by atoms with Crippen molar-refractivity contribution in [3.8, 4) is 0 Å². The molecular weight excluding hydrogens is 340 g/mol. The Balaban J connectivity index is 2.36. The van der Waals surface area contributed by atoms with Crippen LogP contribution in [0.15, 0.2) is 34.8 Å². The monoisotopic (exact) mass is 356 g/mol. The second-order valence-corrected chi connectivity index (χ2v) is 8.28. The molecule has 0 saturated carbocycles. The summed E-state index contributed by atoms with van der Waals surface area (Å²) in [6.45, 7) is 8.80. The smallest absolute Gasteiger partial charge is 0.0930 e. The van der Waals surface area contributed by atoms with E-state index in [9.17, 15) is 0 Å². The van der Waals surface area contributed by atoms with Crippen LogP contribution in [0.5, 0.6) is 0 Å². The van der Waals surface area contributed by atoms with Gasteiger partial charge in [-0.15, -0.1) is 22.9 Å². The van der Waals surface area contributed by atoms with E-state index in [1.54, 1.807) is 0 Å². The van der Waals surface area contributed by atoms with Gasteiger partial charge < -0.3 is 0 Å². The molecule has 1 aromatic carbocycles. The zero-order valence-corrected chi connectivity index (χ0v) is 14.8. The predicted octanol–water partition coefficient (Wildman–Crippen LogP) is 6.44. The number of benzene rings is 1. The lowest BCUT2D eigenvalue weighted by Crippen LogP contribution is -2.07. The summed E-state index contributed by atoms with van der Waals surface area (Å²) in [7, 11) is 0. The minimum Gasteiger partial charge on any atom is -0.143 e. The standard InChI is InChI=1S/C16H18BrClS/c1-10-5-6-11(17)9-12(10)15(18)13-7-8-14(19-13)16(2,3)4/h5-9,15H,1-4H3. The van der Waals surface area contributed by atoms with Crippen LogP contribution in [-0.4, -0.2) is 0 Å². The summed E-state index contributed by atoms with van der Waals surface area (Å²) in [5, 5.41) is -0.0707. The number of rotatable bonds is 2. The molecule has 0 fully saturated rings. The highest BCUT2D eigenvalue weighted by atomic mass is 79.9. The van der Waals surface area contributed by atoms with E-state index >= 15 is 0 Å². The van der Waals surface area contributed by atoms with Gasteiger partial charge in [0.2, 0.25) is 0 Å². The fourth-order valence-corrected chi connectivity index (χ4v) is 3.81. The summed E-state index contributed by atoms with van der Waals surface area (Å²) in [6.07, 6.45) is 0. The second-order valence-electron chi connectivity index (χ2n) is 5.82. The lowest BCUT2D eigenvalue weighted by molar-refractivity contribution is 0.604. The van der Waals surface area contributed by atoms with E-state index in [0.717, 1.165) is 4.47 Å². The van der Waals surface area contributed by atoms with Crippen molar-refractivity contribution in [2.75, 3.05) is 0 Å². The Bertz CT molecular complexity index is 581. The van der Waals surface area contributed by atoms with Crippen molar-refractivity contribution in [2.24, 2.45) is 0 Å². The molecule has 0 bridgehead atoms. The highest BCUT2D eigenvalue weighted by molar-refractivity contribution is 9.10. The van der Waals surface area contributed by atoms with Crippen LogP contribution < -0.4 is 0 Å². The Morgan fingerprint density at radius 3 is 2.42 bits per heavy atom. The molecule has 0 spiro atoms. The van der Waals surface area contributed by atoms with Gasteiger partial charge in [-0.05, 0) is 47.7 Å². The maximum absolute atomic E-state index is 6.66. The molecule has 0 amide bonds. The molecule has 0 radical (unpaired) electrons. The maximum Gasteiger partial charge on any atom is 0.0930 e. The highest BCUT2D eigenvalue weighted by Crippen LogP contribution is 2.39. The van der Waals surface area contributed by atoms with Crippen molar-refractivity contribution in [1.29, 1.82) is 0 Å². The Morgan fingerprint density at radius 1 is 1.16 bits per heavy atom. The van der Waals surface area contributed by atoms with E-state index in [4.69, 9.17) is 11.6 Å². The molecule has 0 aliphatic rings. The van der Waals surface area contributed by atoms with Gasteiger partial charge in [0.1, 0.15) is 0 Å². The molecule has 0 aliphatic carbocycles. The van der Waals surface area contributed by atoms with Crippen molar-refractivity contribution < 1.29 is 0 Å². The third-order valence-electron chi connectivity index (χ3n) is 3.13. The Hall–Kier alpha value is -0.310. The Labute approximate surface area is 132 Å². The first-order valence-electron chi connectivity index (χ1n) is 6.29. The zero-order chi connectivity index (χ0) is 14.2. The van der Waals surface area contributed by atoms with Gasteiger partial charge in [0.25, 0.3) is 0 Å². The number of thiophene rings is 1. The quantitative estimate of drug-likeness (QED) is 0.542. The summed E-state index contributed by atoms with van der Waals surface area (Å²) in [5.74, 6) is 0. The van der Waals surface area contributed by atoms with Crippen LogP contribution in [0.4, 0.5) is 0 Å². The number of halogens is 2. The second kappa shape index (κ2) is 5.59. The summed E-state index contributed by atoms with van der Waals surface area (Å²) in [6, 6.07) is 10.6. The molecule has 3 heteroatoms. The summed E-state index contributed by atoms with van der Waals surface area (Å²) < 4.78 is 1.08. The number of aryl methyl sites for hydroxylation is 1. The van der Waals surface area contributed by atoms with Crippen molar-refractivity contribution in [1.82, 2.24) is 0 Å². The van der Waals surface area contributed by atoms with Gasteiger partial charge in [0, 0.05) is 14.2 Å². The lowest BCUT2D eigenvalue weighted by atomic mass is 9.95. The zero-order valence-electron chi connectivity index (χ0n) is 11.6. The van der Waals surface area contributed by atoms with Crippen molar-refractivity contribution in [2.45, 2.75) is 38.5 Å². The molecule has 2 rings (SSSR count). The molecule has 1 aromatic heterocycles. The van der Waals surface area contributed by atoms with Gasteiger partial charge in [-0.1, -0.05) is 42.8 Å². The molecule has 1 atom stereocenters. The van der Waals surface area contributed by atoms with Gasteiger partial charge in [-0.25, -0.2) is 0 Å². The van der Waals surface area contributed by atoms with Crippen molar-refractivity contribution in [3.63, 3.8) is 0 Å². The number of alkyl halides is 1. The van der Waals surface area contributed by atoms with Crippen molar-refractivity contribution >= 4 is 38.9 Å². The first-order chi connectivity index (χ1) is 8.79. The van der Waals surface area contributed by atoms with Gasteiger partial charge >= 0.3 is 0 Å². The van der Waals surface area contributed by atoms with Crippen LogP contribution in [0.3, 0.4) is 0 Å². The summed E-state index contributed by atoms with van der Waals surface area (Å²) in [5.41, 5.74) is 2.60. The van der Waals surface area contributed by atoms with E-state index in [-0.39, 0.29) is 10.8 Å². The van der Waals surface area contributed by atoms with E-state index < -0.39 is 0 Å². The molecule has 0 saturated heterocycles. The maximum atomic E-state index is 6.66. The van der Waals surface area contributed by atoms with Crippen LogP contribution in [-0.2, 0) is 5.41 Å². The lowest BCUT2D eigenvalue weighted by Gasteiger charge is -2.16. The van der Waals surface area contributed by atoms with Gasteiger partial charge in [-0.2, -0.15) is 0 Å². The van der Waals surface area contributed by atoms with Crippen LogP contribution >= 0.6 is 38.9 Å². The molecule has 102 valence electrons.